The van der Waals surface area contributed by atoms with Crippen molar-refractivity contribution < 1.29 is 9.13 Å². The third kappa shape index (κ3) is 2.87. The highest BCUT2D eigenvalue weighted by molar-refractivity contribution is 6.01. The summed E-state index contributed by atoms with van der Waals surface area (Å²) < 4.78 is 19.1. The molecule has 2 aromatic rings. The predicted molar refractivity (Wildman–Crippen MR) is 77.8 cm³/mol. The van der Waals surface area contributed by atoms with Crippen LogP contribution in [0, 0.1) is 5.82 Å². The van der Waals surface area contributed by atoms with Gasteiger partial charge in [-0.1, -0.05) is 18.2 Å². The summed E-state index contributed by atoms with van der Waals surface area (Å²) in [6.07, 6.45) is 2.19. The van der Waals surface area contributed by atoms with Crippen LogP contribution in [0.15, 0.2) is 53.5 Å². The number of ether oxygens (including phenoxy) is 1. The molecule has 0 saturated heterocycles. The maximum absolute atomic E-state index is 13.5. The van der Waals surface area contributed by atoms with Gasteiger partial charge in [-0.3, -0.25) is 4.99 Å². The van der Waals surface area contributed by atoms with E-state index in [1.165, 1.54) is 11.8 Å². The summed E-state index contributed by atoms with van der Waals surface area (Å²) in [6.45, 7) is 1.17. The van der Waals surface area contributed by atoms with Crippen LogP contribution in [0.3, 0.4) is 0 Å². The standard InChI is InChI=1S/C17H16FNO/c18-16-5-2-1-4-14(16)12-20-15-9-7-13(8-10-15)17-6-3-11-19-17/h1-2,4-5,7-10H,3,6,11-12H2. The van der Waals surface area contributed by atoms with E-state index < -0.39 is 0 Å². The summed E-state index contributed by atoms with van der Waals surface area (Å²) in [4.78, 5) is 4.47. The highest BCUT2D eigenvalue weighted by atomic mass is 19.1. The highest BCUT2D eigenvalue weighted by Gasteiger charge is 2.08. The molecule has 1 heterocycles. The molecule has 0 unspecified atom stereocenters. The lowest BCUT2D eigenvalue weighted by Gasteiger charge is -2.08. The first-order valence-corrected chi connectivity index (χ1v) is 6.83. The minimum Gasteiger partial charge on any atom is -0.489 e. The fourth-order valence-electron chi connectivity index (χ4n) is 2.30. The zero-order valence-corrected chi connectivity index (χ0v) is 11.2. The van der Waals surface area contributed by atoms with Crippen molar-refractivity contribution in [1.29, 1.82) is 0 Å². The van der Waals surface area contributed by atoms with Crippen molar-refractivity contribution >= 4 is 5.71 Å². The van der Waals surface area contributed by atoms with Crippen molar-refractivity contribution in [2.24, 2.45) is 4.99 Å². The zero-order valence-electron chi connectivity index (χ0n) is 11.2. The monoisotopic (exact) mass is 269 g/mol. The quantitative estimate of drug-likeness (QED) is 0.822. The first-order chi connectivity index (χ1) is 9.83. The number of rotatable bonds is 4. The Hall–Kier alpha value is -2.16. The predicted octanol–water partition coefficient (Wildman–Crippen LogP) is 3.99. The maximum Gasteiger partial charge on any atom is 0.129 e. The second kappa shape index (κ2) is 5.87. The highest BCUT2D eigenvalue weighted by Crippen LogP contribution is 2.18. The Morgan fingerprint density at radius 2 is 1.85 bits per heavy atom. The summed E-state index contributed by atoms with van der Waals surface area (Å²) >= 11 is 0. The van der Waals surface area contributed by atoms with Gasteiger partial charge in [-0.2, -0.15) is 0 Å². The van der Waals surface area contributed by atoms with Gasteiger partial charge < -0.3 is 4.74 Å². The third-order valence-electron chi connectivity index (χ3n) is 3.41. The van der Waals surface area contributed by atoms with Gasteiger partial charge in [0.25, 0.3) is 0 Å². The lowest BCUT2D eigenvalue weighted by atomic mass is 10.1. The molecule has 0 aromatic heterocycles. The van der Waals surface area contributed by atoms with Gasteiger partial charge in [-0.25, -0.2) is 4.39 Å². The van der Waals surface area contributed by atoms with E-state index in [0.29, 0.717) is 5.56 Å². The Labute approximate surface area is 117 Å². The molecule has 3 rings (SSSR count). The van der Waals surface area contributed by atoms with Crippen LogP contribution in [0.1, 0.15) is 24.0 Å². The van der Waals surface area contributed by atoms with Gasteiger partial charge in [0, 0.05) is 17.8 Å². The fourth-order valence-corrected chi connectivity index (χ4v) is 2.30. The van der Waals surface area contributed by atoms with Crippen molar-refractivity contribution in [3.63, 3.8) is 0 Å². The largest absolute Gasteiger partial charge is 0.489 e. The van der Waals surface area contributed by atoms with E-state index in [4.69, 9.17) is 4.74 Å². The van der Waals surface area contributed by atoms with Gasteiger partial charge in [-0.15, -0.1) is 0 Å². The van der Waals surface area contributed by atoms with Crippen LogP contribution in [-0.2, 0) is 6.61 Å². The Bertz CT molecular complexity index is 619. The molecule has 0 spiro atoms. The molecule has 0 bridgehead atoms. The average molecular weight is 269 g/mol. The Balaban J connectivity index is 1.65. The second-order valence-electron chi connectivity index (χ2n) is 4.84. The number of aliphatic imine (C=N–C) groups is 1. The molecule has 0 atom stereocenters. The van der Waals surface area contributed by atoms with Gasteiger partial charge in [0.15, 0.2) is 0 Å². The normalized spacial score (nSPS) is 14.2. The van der Waals surface area contributed by atoms with Crippen molar-refractivity contribution in [3.8, 4) is 5.75 Å². The molecule has 3 heteroatoms. The first-order valence-electron chi connectivity index (χ1n) is 6.83. The lowest BCUT2D eigenvalue weighted by molar-refractivity contribution is 0.300. The zero-order chi connectivity index (χ0) is 13.8. The van der Waals surface area contributed by atoms with Gasteiger partial charge in [0.05, 0.1) is 0 Å². The first kappa shape index (κ1) is 12.9. The molecule has 0 N–H and O–H groups in total. The van der Waals surface area contributed by atoms with Crippen LogP contribution in [0.5, 0.6) is 5.75 Å². The summed E-state index contributed by atoms with van der Waals surface area (Å²) in [5.41, 5.74) is 2.89. The van der Waals surface area contributed by atoms with E-state index in [1.54, 1.807) is 12.1 Å². The van der Waals surface area contributed by atoms with Crippen molar-refractivity contribution in [3.05, 3.63) is 65.5 Å². The summed E-state index contributed by atoms with van der Waals surface area (Å²) in [5, 5.41) is 0. The minimum atomic E-state index is -0.232. The number of benzene rings is 2. The van der Waals surface area contributed by atoms with Gasteiger partial charge in [-0.05, 0) is 48.7 Å². The van der Waals surface area contributed by atoms with Gasteiger partial charge in [0.2, 0.25) is 0 Å². The Kier molecular flexibility index (Phi) is 3.77. The summed E-state index contributed by atoms with van der Waals surface area (Å²) in [7, 11) is 0. The second-order valence-corrected chi connectivity index (χ2v) is 4.84. The van der Waals surface area contributed by atoms with Gasteiger partial charge in [0.1, 0.15) is 18.2 Å². The summed E-state index contributed by atoms with van der Waals surface area (Å²) in [6, 6.07) is 14.5. The summed E-state index contributed by atoms with van der Waals surface area (Å²) in [5.74, 6) is 0.514. The molecule has 0 fully saturated rings. The van der Waals surface area contributed by atoms with E-state index in [9.17, 15) is 4.39 Å². The number of hydrogen-bond acceptors (Lipinski definition) is 2. The van der Waals surface area contributed by atoms with E-state index in [-0.39, 0.29) is 12.4 Å². The third-order valence-corrected chi connectivity index (χ3v) is 3.41. The molecule has 1 aliphatic rings. The fraction of sp³-hybridized carbons (Fsp3) is 0.235. The molecule has 2 nitrogen and oxygen atoms in total. The van der Waals surface area contributed by atoms with Crippen molar-refractivity contribution in [2.75, 3.05) is 6.54 Å². The van der Waals surface area contributed by atoms with E-state index in [1.807, 2.05) is 30.3 Å². The average Bonchev–Trinajstić information content (AvgIpc) is 3.01. The molecule has 1 aliphatic heterocycles. The minimum absolute atomic E-state index is 0.232. The van der Waals surface area contributed by atoms with E-state index in [2.05, 4.69) is 4.99 Å². The number of hydrogen-bond donors (Lipinski definition) is 0. The van der Waals surface area contributed by atoms with Crippen LogP contribution in [-0.4, -0.2) is 12.3 Å². The Morgan fingerprint density at radius 1 is 1.05 bits per heavy atom. The molecule has 2 aromatic carbocycles. The van der Waals surface area contributed by atoms with E-state index in [0.717, 1.165) is 30.7 Å². The van der Waals surface area contributed by atoms with Gasteiger partial charge >= 0.3 is 0 Å². The topological polar surface area (TPSA) is 21.6 Å². The smallest absolute Gasteiger partial charge is 0.129 e. The van der Waals surface area contributed by atoms with Crippen LogP contribution in [0.4, 0.5) is 4.39 Å². The van der Waals surface area contributed by atoms with Crippen molar-refractivity contribution in [1.82, 2.24) is 0 Å². The Morgan fingerprint density at radius 3 is 2.55 bits per heavy atom. The maximum atomic E-state index is 13.5. The van der Waals surface area contributed by atoms with Crippen LogP contribution in [0.25, 0.3) is 0 Å². The molecule has 0 amide bonds. The number of halogens is 1. The molecule has 0 radical (unpaired) electrons. The molecular weight excluding hydrogens is 253 g/mol. The van der Waals surface area contributed by atoms with Crippen molar-refractivity contribution in [2.45, 2.75) is 19.4 Å². The number of nitrogens with zero attached hydrogens (tertiary/aromatic N) is 1. The van der Waals surface area contributed by atoms with Crippen LogP contribution >= 0.6 is 0 Å². The van der Waals surface area contributed by atoms with E-state index >= 15 is 0 Å². The molecule has 0 aliphatic carbocycles. The SMILES string of the molecule is Fc1ccccc1COc1ccc(C2=NCCC2)cc1. The van der Waals surface area contributed by atoms with Crippen LogP contribution in [0.2, 0.25) is 0 Å². The molecule has 0 saturated carbocycles. The van der Waals surface area contributed by atoms with Crippen LogP contribution < -0.4 is 4.74 Å². The molecule has 20 heavy (non-hydrogen) atoms. The lowest BCUT2D eigenvalue weighted by Crippen LogP contribution is -1.99. The molecular formula is C17H16FNO. The molecule has 102 valence electrons.